The van der Waals surface area contributed by atoms with Gasteiger partial charge in [-0.25, -0.2) is 4.79 Å². The van der Waals surface area contributed by atoms with E-state index in [1.54, 1.807) is 4.90 Å². The number of carboxylic acids is 1. The lowest BCUT2D eigenvalue weighted by atomic mass is 10.2. The Labute approximate surface area is 92.5 Å². The van der Waals surface area contributed by atoms with Gasteiger partial charge in [0.25, 0.3) is 5.91 Å². The first-order valence-electron chi connectivity index (χ1n) is 5.24. The Balaban J connectivity index is 2.30. The maximum absolute atomic E-state index is 11.9. The number of carboxylic acid groups (broad SMARTS) is 1. The van der Waals surface area contributed by atoms with E-state index in [0.29, 0.717) is 25.3 Å². The number of hydrogen-bond donors (Lipinski definition) is 1. The molecule has 0 aromatic carbocycles. The van der Waals surface area contributed by atoms with Crippen LogP contribution in [0.15, 0.2) is 6.07 Å². The highest BCUT2D eigenvalue weighted by molar-refractivity contribution is 5.96. The quantitative estimate of drug-likeness (QED) is 0.807. The van der Waals surface area contributed by atoms with Crippen LogP contribution in [-0.4, -0.2) is 44.8 Å². The van der Waals surface area contributed by atoms with Crippen LogP contribution in [0.4, 0.5) is 0 Å². The molecule has 1 aliphatic rings. The monoisotopic (exact) mass is 223 g/mol. The third-order valence-electron chi connectivity index (χ3n) is 2.58. The molecule has 0 radical (unpaired) electrons. The third-order valence-corrected chi connectivity index (χ3v) is 2.58. The molecular formula is C10H13N3O3. The predicted octanol–water partition coefficient (Wildman–Crippen LogP) is 0.447. The molecular weight excluding hydrogens is 210 g/mol. The Morgan fingerprint density at radius 3 is 2.94 bits per heavy atom. The van der Waals surface area contributed by atoms with Crippen LogP contribution in [-0.2, 0) is 6.54 Å². The molecule has 1 aromatic heterocycles. The van der Waals surface area contributed by atoms with E-state index in [9.17, 15) is 9.59 Å². The van der Waals surface area contributed by atoms with Crippen molar-refractivity contribution in [3.05, 3.63) is 17.5 Å². The molecule has 0 unspecified atom stereocenters. The van der Waals surface area contributed by atoms with Crippen molar-refractivity contribution < 1.29 is 14.7 Å². The van der Waals surface area contributed by atoms with Gasteiger partial charge >= 0.3 is 5.97 Å². The number of amides is 1. The summed E-state index contributed by atoms with van der Waals surface area (Å²) in [5, 5.41) is 12.7. The molecule has 86 valence electrons. The highest BCUT2D eigenvalue weighted by Crippen LogP contribution is 2.14. The molecule has 6 nitrogen and oxygen atoms in total. The van der Waals surface area contributed by atoms with Crippen molar-refractivity contribution in [3.63, 3.8) is 0 Å². The van der Waals surface area contributed by atoms with Gasteiger partial charge in [-0.3, -0.25) is 9.48 Å². The van der Waals surface area contributed by atoms with E-state index in [0.717, 1.165) is 6.42 Å². The number of nitrogens with zero attached hydrogens (tertiary/aromatic N) is 3. The smallest absolute Gasteiger partial charge is 0.356 e. The van der Waals surface area contributed by atoms with Crippen LogP contribution in [0.25, 0.3) is 0 Å². The molecule has 1 amide bonds. The molecule has 2 rings (SSSR count). The van der Waals surface area contributed by atoms with Gasteiger partial charge in [0, 0.05) is 19.2 Å². The van der Waals surface area contributed by atoms with Crippen LogP contribution in [0.2, 0.25) is 0 Å². The van der Waals surface area contributed by atoms with Gasteiger partial charge in [0.1, 0.15) is 5.69 Å². The average molecular weight is 223 g/mol. The Morgan fingerprint density at radius 2 is 2.31 bits per heavy atom. The summed E-state index contributed by atoms with van der Waals surface area (Å²) >= 11 is 0. The summed E-state index contributed by atoms with van der Waals surface area (Å²) < 4.78 is 1.47. The van der Waals surface area contributed by atoms with E-state index >= 15 is 0 Å². The number of aromatic carboxylic acids is 1. The Kier molecular flexibility index (Phi) is 2.64. The topological polar surface area (TPSA) is 75.4 Å². The summed E-state index contributed by atoms with van der Waals surface area (Å²) in [5.41, 5.74) is 0.304. The molecule has 1 N–H and O–H groups in total. The predicted molar refractivity (Wildman–Crippen MR) is 55.4 cm³/mol. The summed E-state index contributed by atoms with van der Waals surface area (Å²) in [7, 11) is 0. The zero-order chi connectivity index (χ0) is 11.7. The SMILES string of the molecule is CCCN1CCn2nc(C(=O)O)cc2C1=O. The average Bonchev–Trinajstić information content (AvgIpc) is 2.67. The minimum Gasteiger partial charge on any atom is -0.476 e. The van der Waals surface area contributed by atoms with Crippen LogP contribution in [0.3, 0.4) is 0 Å². The first-order chi connectivity index (χ1) is 7.63. The van der Waals surface area contributed by atoms with E-state index in [1.165, 1.54) is 10.7 Å². The van der Waals surface area contributed by atoms with Crippen molar-refractivity contribution in [1.29, 1.82) is 0 Å². The summed E-state index contributed by atoms with van der Waals surface area (Å²) in [6.45, 7) is 3.86. The number of rotatable bonds is 3. The van der Waals surface area contributed by atoms with E-state index in [2.05, 4.69) is 5.10 Å². The zero-order valence-electron chi connectivity index (χ0n) is 9.01. The van der Waals surface area contributed by atoms with Crippen LogP contribution in [0.1, 0.15) is 34.3 Å². The van der Waals surface area contributed by atoms with E-state index in [1.807, 2.05) is 6.92 Å². The molecule has 1 aliphatic heterocycles. The first-order valence-corrected chi connectivity index (χ1v) is 5.24. The molecule has 1 aromatic rings. The molecule has 0 bridgehead atoms. The molecule has 0 aliphatic carbocycles. The third kappa shape index (κ3) is 1.66. The highest BCUT2D eigenvalue weighted by Gasteiger charge is 2.26. The molecule has 0 saturated heterocycles. The maximum atomic E-state index is 11.9. The molecule has 0 spiro atoms. The van der Waals surface area contributed by atoms with E-state index in [4.69, 9.17) is 5.11 Å². The molecule has 2 heterocycles. The molecule has 6 heteroatoms. The second-order valence-corrected chi connectivity index (χ2v) is 3.74. The summed E-state index contributed by atoms with van der Waals surface area (Å²) in [6, 6.07) is 1.34. The van der Waals surface area contributed by atoms with Crippen LogP contribution >= 0.6 is 0 Å². The first kappa shape index (κ1) is 10.7. The Morgan fingerprint density at radius 1 is 1.56 bits per heavy atom. The van der Waals surface area contributed by atoms with Gasteiger partial charge in [-0.15, -0.1) is 0 Å². The lowest BCUT2D eigenvalue weighted by Gasteiger charge is -2.26. The number of carbonyl (C=O) groups excluding carboxylic acids is 1. The van der Waals surface area contributed by atoms with E-state index in [-0.39, 0.29) is 11.6 Å². The van der Waals surface area contributed by atoms with Crippen LogP contribution < -0.4 is 0 Å². The standard InChI is InChI=1S/C10H13N3O3/c1-2-3-12-4-5-13-8(9(12)14)6-7(11-13)10(15)16/h6H,2-5H2,1H3,(H,15,16). The lowest BCUT2D eigenvalue weighted by Crippen LogP contribution is -2.40. The normalized spacial score (nSPS) is 15.1. The van der Waals surface area contributed by atoms with Crippen LogP contribution in [0.5, 0.6) is 0 Å². The van der Waals surface area contributed by atoms with Crippen LogP contribution in [0, 0.1) is 0 Å². The zero-order valence-corrected chi connectivity index (χ0v) is 9.01. The minimum absolute atomic E-state index is 0.0679. The van der Waals surface area contributed by atoms with Gasteiger partial charge in [-0.2, -0.15) is 5.10 Å². The molecule has 0 saturated carbocycles. The van der Waals surface area contributed by atoms with Crippen molar-refractivity contribution >= 4 is 11.9 Å². The highest BCUT2D eigenvalue weighted by atomic mass is 16.4. The number of fused-ring (bicyclic) bond motifs is 1. The Bertz CT molecular complexity index is 439. The van der Waals surface area contributed by atoms with Crippen molar-refractivity contribution in [3.8, 4) is 0 Å². The number of aromatic nitrogens is 2. The number of hydrogen-bond acceptors (Lipinski definition) is 3. The fourth-order valence-corrected chi connectivity index (χ4v) is 1.83. The second kappa shape index (κ2) is 3.96. The van der Waals surface area contributed by atoms with Gasteiger partial charge in [-0.05, 0) is 6.42 Å². The largest absolute Gasteiger partial charge is 0.476 e. The van der Waals surface area contributed by atoms with Crippen molar-refractivity contribution in [2.24, 2.45) is 0 Å². The van der Waals surface area contributed by atoms with Gasteiger partial charge in [0.05, 0.1) is 6.54 Å². The number of carbonyl (C=O) groups is 2. The van der Waals surface area contributed by atoms with Gasteiger partial charge in [-0.1, -0.05) is 6.92 Å². The fraction of sp³-hybridized carbons (Fsp3) is 0.500. The van der Waals surface area contributed by atoms with Gasteiger partial charge in [0.2, 0.25) is 0 Å². The van der Waals surface area contributed by atoms with E-state index < -0.39 is 5.97 Å². The summed E-state index contributed by atoms with van der Waals surface area (Å²) in [6.07, 6.45) is 0.895. The molecule has 0 atom stereocenters. The summed E-state index contributed by atoms with van der Waals surface area (Å²) in [4.78, 5) is 24.4. The minimum atomic E-state index is -1.10. The molecule has 0 fully saturated rings. The maximum Gasteiger partial charge on any atom is 0.356 e. The van der Waals surface area contributed by atoms with Gasteiger partial charge in [0.15, 0.2) is 5.69 Å². The van der Waals surface area contributed by atoms with Crippen molar-refractivity contribution in [2.75, 3.05) is 13.1 Å². The van der Waals surface area contributed by atoms with Crippen molar-refractivity contribution in [2.45, 2.75) is 19.9 Å². The lowest BCUT2D eigenvalue weighted by molar-refractivity contribution is 0.0677. The fourth-order valence-electron chi connectivity index (χ4n) is 1.83. The summed E-state index contributed by atoms with van der Waals surface area (Å²) in [5.74, 6) is -1.23. The Hall–Kier alpha value is -1.85. The second-order valence-electron chi connectivity index (χ2n) is 3.74. The van der Waals surface area contributed by atoms with Crippen molar-refractivity contribution in [1.82, 2.24) is 14.7 Å². The van der Waals surface area contributed by atoms with Gasteiger partial charge < -0.3 is 10.0 Å². The molecule has 16 heavy (non-hydrogen) atoms.